The summed E-state index contributed by atoms with van der Waals surface area (Å²) in [5, 5.41) is 6.65. The number of hydrogen-bond donors (Lipinski definition) is 4. The average Bonchev–Trinajstić information content (AvgIpc) is 2.83. The van der Waals surface area contributed by atoms with Crippen molar-refractivity contribution < 1.29 is 18.0 Å². The number of guanidine groups is 1. The van der Waals surface area contributed by atoms with E-state index in [9.17, 15) is 18.0 Å². The van der Waals surface area contributed by atoms with E-state index in [0.29, 0.717) is 11.3 Å². The summed E-state index contributed by atoms with van der Waals surface area (Å²) in [4.78, 5) is 26.1. The van der Waals surface area contributed by atoms with Gasteiger partial charge in [0.15, 0.2) is 5.96 Å². The molecule has 1 amide bonds. The summed E-state index contributed by atoms with van der Waals surface area (Å²) in [6.07, 6.45) is -0.918. The van der Waals surface area contributed by atoms with E-state index in [4.69, 9.17) is 11.5 Å². The minimum atomic E-state index is -4.53. The Morgan fingerprint density at radius 2 is 1.86 bits per heavy atom. The van der Waals surface area contributed by atoms with Gasteiger partial charge in [0.2, 0.25) is 5.82 Å². The smallest absolute Gasteiger partial charge is 0.370 e. The van der Waals surface area contributed by atoms with Gasteiger partial charge in [0.05, 0.1) is 23.2 Å². The Balaban J connectivity index is 1.63. The van der Waals surface area contributed by atoms with Crippen molar-refractivity contribution in [2.75, 3.05) is 5.32 Å². The molecule has 4 rings (SSSR count). The number of nitrogens with zero attached hydrogens (tertiary/aromatic N) is 3. The molecule has 11 heteroatoms. The van der Waals surface area contributed by atoms with Crippen molar-refractivity contribution in [2.24, 2.45) is 16.5 Å². The Labute approximate surface area is 206 Å². The third-order valence-electron chi connectivity index (χ3n) is 6.18. The van der Waals surface area contributed by atoms with Gasteiger partial charge in [-0.05, 0) is 43.5 Å². The number of aryl methyl sites for hydroxylation is 1. The molecular weight excluding hydrogens is 471 g/mol. The molecule has 0 saturated heterocycles. The number of carbonyl (C=O) groups excluding carboxylic acids is 1. The van der Waals surface area contributed by atoms with Crippen LogP contribution in [0.5, 0.6) is 0 Å². The monoisotopic (exact) mass is 499 g/mol. The summed E-state index contributed by atoms with van der Waals surface area (Å²) >= 11 is 0. The molecule has 2 atom stereocenters. The Kier molecular flexibility index (Phi) is 7.27. The van der Waals surface area contributed by atoms with Crippen molar-refractivity contribution >= 4 is 28.6 Å². The highest BCUT2D eigenvalue weighted by atomic mass is 19.4. The van der Waals surface area contributed by atoms with E-state index in [1.54, 1.807) is 6.07 Å². The van der Waals surface area contributed by atoms with Gasteiger partial charge in [-0.2, -0.15) is 13.2 Å². The fourth-order valence-electron chi connectivity index (χ4n) is 4.46. The molecule has 3 aromatic rings. The number of aliphatic imine (C=N–C) groups is 1. The van der Waals surface area contributed by atoms with Crippen LogP contribution in [0, 0.1) is 6.92 Å². The second-order valence-corrected chi connectivity index (χ2v) is 8.91. The molecule has 0 aliphatic heterocycles. The van der Waals surface area contributed by atoms with Gasteiger partial charge in [-0.1, -0.05) is 42.7 Å². The quantitative estimate of drug-likeness (QED) is 0.301. The van der Waals surface area contributed by atoms with Crippen molar-refractivity contribution in [3.63, 3.8) is 0 Å². The molecule has 6 N–H and O–H groups in total. The molecule has 0 radical (unpaired) electrons. The van der Waals surface area contributed by atoms with Crippen LogP contribution in [0.4, 0.5) is 19.0 Å². The topological polar surface area (TPSA) is 131 Å². The van der Waals surface area contributed by atoms with E-state index in [0.717, 1.165) is 42.7 Å². The van der Waals surface area contributed by atoms with Crippen LogP contribution in [0.2, 0.25) is 0 Å². The van der Waals surface area contributed by atoms with Crippen LogP contribution < -0.4 is 22.1 Å². The molecule has 0 spiro atoms. The SMILES string of the molecule is Cc1ccc2nc(C(=O)NCc3ccccc3C(F)(F)F)nc(N[C@H]3CCCC[C@H]3N=C(N)N)c2c1. The number of nitrogens with one attached hydrogen (secondary N) is 2. The highest BCUT2D eigenvalue weighted by molar-refractivity contribution is 5.96. The maximum absolute atomic E-state index is 13.3. The van der Waals surface area contributed by atoms with Crippen molar-refractivity contribution in [1.82, 2.24) is 15.3 Å². The first-order valence-corrected chi connectivity index (χ1v) is 11.7. The molecule has 2 aromatic carbocycles. The predicted octanol–water partition coefficient (Wildman–Crippen LogP) is 3.88. The Morgan fingerprint density at radius 1 is 1.11 bits per heavy atom. The largest absolute Gasteiger partial charge is 0.416 e. The zero-order valence-corrected chi connectivity index (χ0v) is 19.8. The molecule has 0 unspecified atom stereocenters. The van der Waals surface area contributed by atoms with E-state index < -0.39 is 17.6 Å². The maximum Gasteiger partial charge on any atom is 0.416 e. The van der Waals surface area contributed by atoms with Gasteiger partial charge in [-0.15, -0.1) is 0 Å². The lowest BCUT2D eigenvalue weighted by Gasteiger charge is -2.30. The van der Waals surface area contributed by atoms with Crippen LogP contribution in [0.1, 0.15) is 53.0 Å². The van der Waals surface area contributed by atoms with Crippen molar-refractivity contribution in [3.8, 4) is 0 Å². The Hall–Kier alpha value is -3.89. The van der Waals surface area contributed by atoms with Crippen LogP contribution in [-0.2, 0) is 12.7 Å². The second-order valence-electron chi connectivity index (χ2n) is 8.91. The highest BCUT2D eigenvalue weighted by Gasteiger charge is 2.33. The van der Waals surface area contributed by atoms with Gasteiger partial charge in [0.1, 0.15) is 5.82 Å². The molecule has 190 valence electrons. The molecule has 1 aliphatic rings. The molecule has 1 fully saturated rings. The summed E-state index contributed by atoms with van der Waals surface area (Å²) in [7, 11) is 0. The lowest BCUT2D eigenvalue weighted by molar-refractivity contribution is -0.138. The number of nitrogens with two attached hydrogens (primary N) is 2. The second kappa shape index (κ2) is 10.4. The Morgan fingerprint density at radius 3 is 2.61 bits per heavy atom. The molecule has 0 bridgehead atoms. The number of aromatic nitrogens is 2. The summed E-state index contributed by atoms with van der Waals surface area (Å²) in [6, 6.07) is 10.4. The first-order chi connectivity index (χ1) is 17.1. The zero-order chi connectivity index (χ0) is 25.9. The summed E-state index contributed by atoms with van der Waals surface area (Å²) in [6.45, 7) is 1.62. The fraction of sp³-hybridized carbons (Fsp3) is 0.360. The van der Waals surface area contributed by atoms with Crippen molar-refractivity contribution in [1.29, 1.82) is 0 Å². The molecule has 1 saturated carbocycles. The van der Waals surface area contributed by atoms with E-state index in [1.165, 1.54) is 18.2 Å². The molecule has 36 heavy (non-hydrogen) atoms. The molecule has 1 aromatic heterocycles. The maximum atomic E-state index is 13.3. The van der Waals surface area contributed by atoms with Crippen LogP contribution >= 0.6 is 0 Å². The summed E-state index contributed by atoms with van der Waals surface area (Å²) in [5.74, 6) is -0.363. The first-order valence-electron chi connectivity index (χ1n) is 11.7. The standard InChI is InChI=1S/C25H28F3N7O/c1-14-10-11-18-16(12-14)21(33-19-8-4-5-9-20(19)34-24(29)30)35-22(32-18)23(36)31-13-15-6-2-3-7-17(15)25(26,27)28/h2-3,6-7,10-12,19-20H,4-5,8-9,13H2,1H3,(H,31,36)(H4,29,30,34)(H,32,33,35)/t19-,20+/m0/s1. The minimum absolute atomic E-state index is 0.0105. The number of amides is 1. The van der Waals surface area contributed by atoms with Crippen LogP contribution in [0.15, 0.2) is 47.5 Å². The summed E-state index contributed by atoms with van der Waals surface area (Å²) in [5.41, 5.74) is 11.9. The van der Waals surface area contributed by atoms with Crippen LogP contribution in [0.3, 0.4) is 0 Å². The van der Waals surface area contributed by atoms with Gasteiger partial charge >= 0.3 is 6.18 Å². The number of hydrogen-bond acceptors (Lipinski definition) is 5. The fourth-order valence-corrected chi connectivity index (χ4v) is 4.46. The van der Waals surface area contributed by atoms with Crippen LogP contribution in [0.25, 0.3) is 10.9 Å². The van der Waals surface area contributed by atoms with Crippen LogP contribution in [-0.4, -0.2) is 33.9 Å². The van der Waals surface area contributed by atoms with Gasteiger partial charge in [-0.25, -0.2) is 15.0 Å². The van der Waals surface area contributed by atoms with E-state index in [2.05, 4.69) is 25.6 Å². The van der Waals surface area contributed by atoms with Gasteiger partial charge in [0.25, 0.3) is 5.91 Å². The molecule has 1 heterocycles. The number of alkyl halides is 3. The molecule has 8 nitrogen and oxygen atoms in total. The number of fused-ring (bicyclic) bond motifs is 1. The number of carbonyl (C=O) groups is 1. The third-order valence-corrected chi connectivity index (χ3v) is 6.18. The van der Waals surface area contributed by atoms with Gasteiger partial charge in [-0.3, -0.25) is 4.79 Å². The Bertz CT molecular complexity index is 1290. The number of halogens is 3. The zero-order valence-electron chi connectivity index (χ0n) is 19.8. The van der Waals surface area contributed by atoms with E-state index in [-0.39, 0.29) is 36.0 Å². The molecule has 1 aliphatic carbocycles. The van der Waals surface area contributed by atoms with Crippen molar-refractivity contribution in [3.05, 3.63) is 65.0 Å². The molecular formula is C25H28F3N7O. The predicted molar refractivity (Wildman–Crippen MR) is 132 cm³/mol. The number of rotatable bonds is 6. The minimum Gasteiger partial charge on any atom is -0.370 e. The lowest BCUT2D eigenvalue weighted by atomic mass is 9.90. The van der Waals surface area contributed by atoms with E-state index in [1.807, 2.05) is 19.1 Å². The number of benzene rings is 2. The average molecular weight is 500 g/mol. The van der Waals surface area contributed by atoms with Gasteiger partial charge < -0.3 is 22.1 Å². The normalized spacial score (nSPS) is 18.0. The van der Waals surface area contributed by atoms with E-state index >= 15 is 0 Å². The van der Waals surface area contributed by atoms with Gasteiger partial charge in [0, 0.05) is 11.9 Å². The van der Waals surface area contributed by atoms with Crippen molar-refractivity contribution in [2.45, 2.75) is 57.4 Å². The third kappa shape index (κ3) is 5.84. The lowest BCUT2D eigenvalue weighted by Crippen LogP contribution is -2.38. The highest BCUT2D eigenvalue weighted by Crippen LogP contribution is 2.32. The number of anilines is 1. The first kappa shape index (κ1) is 25.2. The summed E-state index contributed by atoms with van der Waals surface area (Å²) < 4.78 is 40.0.